The van der Waals surface area contributed by atoms with Crippen LogP contribution < -0.4 is 5.32 Å². The predicted octanol–water partition coefficient (Wildman–Crippen LogP) is 3.02. The highest BCUT2D eigenvalue weighted by Gasteiger charge is 2.12. The largest absolute Gasteiger partial charge is 0.310 e. The molecule has 0 spiro atoms. The molecule has 20 heavy (non-hydrogen) atoms. The van der Waals surface area contributed by atoms with Crippen LogP contribution in [0.4, 0.5) is 4.39 Å². The molecule has 3 nitrogen and oxygen atoms in total. The van der Waals surface area contributed by atoms with Gasteiger partial charge in [-0.05, 0) is 43.7 Å². The molecule has 1 rings (SSSR count). The Labute approximate surface area is 125 Å². The molecule has 0 saturated heterocycles. The van der Waals surface area contributed by atoms with E-state index in [0.29, 0.717) is 5.75 Å². The van der Waals surface area contributed by atoms with E-state index in [2.05, 4.69) is 12.2 Å². The molecule has 0 bridgehead atoms. The van der Waals surface area contributed by atoms with E-state index in [1.807, 2.05) is 6.92 Å². The number of thioether (sulfide) groups is 1. The minimum absolute atomic E-state index is 0.0476. The van der Waals surface area contributed by atoms with Gasteiger partial charge in [0.1, 0.15) is 15.7 Å². The summed E-state index contributed by atoms with van der Waals surface area (Å²) in [6, 6.07) is 4.71. The van der Waals surface area contributed by atoms with Gasteiger partial charge in [-0.2, -0.15) is 0 Å². The van der Waals surface area contributed by atoms with Crippen LogP contribution in [-0.2, 0) is 9.84 Å². The SMILES string of the molecule is CCCNC(C)c1cc(F)ccc1SCCS(C)(=O)=O. The summed E-state index contributed by atoms with van der Waals surface area (Å²) in [5.41, 5.74) is 0.886. The Balaban J connectivity index is 2.79. The number of benzene rings is 1. The van der Waals surface area contributed by atoms with E-state index in [-0.39, 0.29) is 17.6 Å². The number of sulfone groups is 1. The van der Waals surface area contributed by atoms with Crippen molar-refractivity contribution >= 4 is 21.6 Å². The standard InChI is InChI=1S/C14H22FNO2S2/c1-4-7-16-11(2)13-10-12(15)5-6-14(13)19-8-9-20(3,17)18/h5-6,10-11,16H,4,7-9H2,1-3H3. The van der Waals surface area contributed by atoms with Crippen LogP contribution in [0.15, 0.2) is 23.1 Å². The molecular weight excluding hydrogens is 297 g/mol. The molecule has 0 saturated carbocycles. The summed E-state index contributed by atoms with van der Waals surface area (Å²) in [5.74, 6) is 0.348. The molecule has 114 valence electrons. The lowest BCUT2D eigenvalue weighted by Crippen LogP contribution is -2.20. The molecule has 0 radical (unpaired) electrons. The van der Waals surface area contributed by atoms with E-state index in [1.165, 1.54) is 30.2 Å². The van der Waals surface area contributed by atoms with Crippen molar-refractivity contribution in [2.45, 2.75) is 31.2 Å². The minimum Gasteiger partial charge on any atom is -0.310 e. The lowest BCUT2D eigenvalue weighted by molar-refractivity contribution is 0.554. The Morgan fingerprint density at radius 2 is 2.10 bits per heavy atom. The third kappa shape index (κ3) is 6.24. The van der Waals surface area contributed by atoms with Crippen LogP contribution in [0.3, 0.4) is 0 Å². The zero-order valence-electron chi connectivity index (χ0n) is 12.1. The molecular formula is C14H22FNO2S2. The molecule has 1 atom stereocenters. The summed E-state index contributed by atoms with van der Waals surface area (Å²) in [6.45, 7) is 4.93. The summed E-state index contributed by atoms with van der Waals surface area (Å²) < 4.78 is 35.7. The summed E-state index contributed by atoms with van der Waals surface area (Å²) in [7, 11) is -2.96. The van der Waals surface area contributed by atoms with E-state index in [0.717, 1.165) is 23.4 Å². The van der Waals surface area contributed by atoms with Crippen LogP contribution >= 0.6 is 11.8 Å². The van der Waals surface area contributed by atoms with Gasteiger partial charge in [-0.15, -0.1) is 11.8 Å². The Morgan fingerprint density at radius 1 is 1.40 bits per heavy atom. The Bertz CT molecular complexity index is 532. The first kappa shape index (κ1) is 17.5. The van der Waals surface area contributed by atoms with Gasteiger partial charge in [0.25, 0.3) is 0 Å². The topological polar surface area (TPSA) is 46.2 Å². The normalized spacial score (nSPS) is 13.4. The van der Waals surface area contributed by atoms with Gasteiger partial charge >= 0.3 is 0 Å². The van der Waals surface area contributed by atoms with E-state index >= 15 is 0 Å². The van der Waals surface area contributed by atoms with Crippen molar-refractivity contribution in [3.05, 3.63) is 29.6 Å². The molecule has 0 amide bonds. The summed E-state index contributed by atoms with van der Waals surface area (Å²) in [5, 5.41) is 3.32. The first-order valence-corrected chi connectivity index (χ1v) is 9.71. The number of nitrogens with one attached hydrogen (secondary N) is 1. The average molecular weight is 319 g/mol. The number of hydrogen-bond donors (Lipinski definition) is 1. The fourth-order valence-electron chi connectivity index (χ4n) is 1.76. The first-order chi connectivity index (χ1) is 9.33. The summed E-state index contributed by atoms with van der Waals surface area (Å²) in [4.78, 5) is 0.936. The third-order valence-electron chi connectivity index (χ3n) is 2.85. The molecule has 0 aliphatic rings. The molecule has 0 heterocycles. The van der Waals surface area contributed by atoms with Crippen molar-refractivity contribution in [2.24, 2.45) is 0 Å². The van der Waals surface area contributed by atoms with E-state index < -0.39 is 9.84 Å². The quantitative estimate of drug-likeness (QED) is 0.748. The fourth-order valence-corrected chi connectivity index (χ4v) is 4.09. The fraction of sp³-hybridized carbons (Fsp3) is 0.571. The Kier molecular flexibility index (Phi) is 6.99. The van der Waals surface area contributed by atoms with Gasteiger partial charge in [0, 0.05) is 22.9 Å². The van der Waals surface area contributed by atoms with Gasteiger partial charge in [0.15, 0.2) is 0 Å². The summed E-state index contributed by atoms with van der Waals surface area (Å²) >= 11 is 1.46. The maximum absolute atomic E-state index is 13.4. The average Bonchev–Trinajstić information content (AvgIpc) is 2.36. The molecule has 0 aromatic heterocycles. The van der Waals surface area contributed by atoms with Crippen molar-refractivity contribution in [1.29, 1.82) is 0 Å². The highest BCUT2D eigenvalue weighted by molar-refractivity contribution is 8.00. The lowest BCUT2D eigenvalue weighted by Gasteiger charge is -2.17. The first-order valence-electron chi connectivity index (χ1n) is 6.67. The van der Waals surface area contributed by atoms with Gasteiger partial charge in [0.2, 0.25) is 0 Å². The summed E-state index contributed by atoms with van der Waals surface area (Å²) in [6.07, 6.45) is 2.24. The van der Waals surface area contributed by atoms with E-state index in [4.69, 9.17) is 0 Å². The van der Waals surface area contributed by atoms with Crippen molar-refractivity contribution in [3.8, 4) is 0 Å². The maximum Gasteiger partial charge on any atom is 0.148 e. The van der Waals surface area contributed by atoms with Crippen LogP contribution in [0.1, 0.15) is 31.9 Å². The van der Waals surface area contributed by atoms with Gasteiger partial charge in [0.05, 0.1) is 5.75 Å². The minimum atomic E-state index is -2.96. The van der Waals surface area contributed by atoms with Crippen LogP contribution in [0.25, 0.3) is 0 Å². The molecule has 1 N–H and O–H groups in total. The van der Waals surface area contributed by atoms with Gasteiger partial charge < -0.3 is 5.32 Å². The molecule has 1 aromatic carbocycles. The predicted molar refractivity (Wildman–Crippen MR) is 83.5 cm³/mol. The molecule has 1 aromatic rings. The third-order valence-corrected chi connectivity index (χ3v) is 5.15. The van der Waals surface area contributed by atoms with Crippen LogP contribution in [0.5, 0.6) is 0 Å². The van der Waals surface area contributed by atoms with Crippen LogP contribution in [0.2, 0.25) is 0 Å². The Morgan fingerprint density at radius 3 is 2.70 bits per heavy atom. The highest BCUT2D eigenvalue weighted by atomic mass is 32.2. The molecule has 0 aliphatic carbocycles. The lowest BCUT2D eigenvalue weighted by atomic mass is 10.1. The second-order valence-corrected chi connectivity index (χ2v) is 8.23. The molecule has 0 fully saturated rings. The smallest absolute Gasteiger partial charge is 0.148 e. The molecule has 6 heteroatoms. The van der Waals surface area contributed by atoms with Crippen molar-refractivity contribution < 1.29 is 12.8 Å². The van der Waals surface area contributed by atoms with Crippen LogP contribution in [-0.4, -0.2) is 32.7 Å². The van der Waals surface area contributed by atoms with Crippen molar-refractivity contribution in [1.82, 2.24) is 5.32 Å². The zero-order chi connectivity index (χ0) is 15.2. The van der Waals surface area contributed by atoms with Gasteiger partial charge in [-0.1, -0.05) is 6.92 Å². The van der Waals surface area contributed by atoms with Crippen molar-refractivity contribution in [3.63, 3.8) is 0 Å². The van der Waals surface area contributed by atoms with Crippen LogP contribution in [0, 0.1) is 5.82 Å². The van der Waals surface area contributed by atoms with E-state index in [9.17, 15) is 12.8 Å². The maximum atomic E-state index is 13.4. The number of halogens is 1. The second-order valence-electron chi connectivity index (χ2n) is 4.84. The van der Waals surface area contributed by atoms with Crippen molar-refractivity contribution in [2.75, 3.05) is 24.3 Å². The van der Waals surface area contributed by atoms with E-state index in [1.54, 1.807) is 6.07 Å². The zero-order valence-corrected chi connectivity index (χ0v) is 13.8. The number of rotatable bonds is 8. The molecule has 1 unspecified atom stereocenters. The van der Waals surface area contributed by atoms with Gasteiger partial charge in [-0.3, -0.25) is 0 Å². The van der Waals surface area contributed by atoms with Gasteiger partial charge in [-0.25, -0.2) is 12.8 Å². The highest BCUT2D eigenvalue weighted by Crippen LogP contribution is 2.28. The second kappa shape index (κ2) is 8.00. The monoisotopic (exact) mass is 319 g/mol. The molecule has 0 aliphatic heterocycles. The Hall–Kier alpha value is -0.590. The number of hydrogen-bond acceptors (Lipinski definition) is 4.